The van der Waals surface area contributed by atoms with Crippen molar-refractivity contribution in [3.8, 4) is 10.6 Å². The predicted octanol–water partition coefficient (Wildman–Crippen LogP) is 3.60. The molecule has 0 unspecified atom stereocenters. The maximum absolute atomic E-state index is 5.69. The first-order valence-electron chi connectivity index (χ1n) is 5.17. The Bertz CT molecular complexity index is 494. The van der Waals surface area contributed by atoms with E-state index in [1.54, 1.807) is 11.3 Å². The monoisotopic (exact) mass is 252 g/mol. The van der Waals surface area contributed by atoms with Crippen LogP contribution in [0.2, 0.25) is 0 Å². The molecular weight excluding hydrogens is 240 g/mol. The van der Waals surface area contributed by atoms with Crippen molar-refractivity contribution in [2.75, 3.05) is 5.88 Å². The summed E-state index contributed by atoms with van der Waals surface area (Å²) in [6.45, 7) is 4.23. The molecule has 0 spiro atoms. The van der Waals surface area contributed by atoms with Crippen LogP contribution in [-0.4, -0.2) is 16.1 Å². The molecule has 1 aromatic heterocycles. The number of aryl methyl sites for hydroxylation is 2. The first kappa shape index (κ1) is 11.6. The van der Waals surface area contributed by atoms with Gasteiger partial charge in [-0.1, -0.05) is 29.5 Å². The molecule has 0 radical (unpaired) electrons. The number of halogens is 1. The third-order valence-electron chi connectivity index (χ3n) is 2.61. The molecule has 0 saturated carbocycles. The van der Waals surface area contributed by atoms with Gasteiger partial charge in [-0.25, -0.2) is 0 Å². The van der Waals surface area contributed by atoms with Crippen molar-refractivity contribution in [1.82, 2.24) is 10.2 Å². The standard InChI is InChI=1S/C12H13ClN2S/c1-8-4-3-5-10(9(8)2)12-15-14-11(16-12)6-7-13/h3-5H,6-7H2,1-2H3. The first-order chi connectivity index (χ1) is 7.72. The minimum Gasteiger partial charge on any atom is -0.143 e. The van der Waals surface area contributed by atoms with Crippen LogP contribution in [-0.2, 0) is 6.42 Å². The van der Waals surface area contributed by atoms with Crippen LogP contribution in [0.15, 0.2) is 18.2 Å². The number of hydrogen-bond acceptors (Lipinski definition) is 3. The van der Waals surface area contributed by atoms with Crippen LogP contribution >= 0.6 is 22.9 Å². The van der Waals surface area contributed by atoms with E-state index in [-0.39, 0.29) is 0 Å². The molecule has 4 heteroatoms. The topological polar surface area (TPSA) is 25.8 Å². The molecule has 2 nitrogen and oxygen atoms in total. The van der Waals surface area contributed by atoms with Crippen molar-refractivity contribution >= 4 is 22.9 Å². The van der Waals surface area contributed by atoms with Gasteiger partial charge in [0, 0.05) is 17.9 Å². The molecule has 2 aromatic rings. The highest BCUT2D eigenvalue weighted by molar-refractivity contribution is 7.14. The van der Waals surface area contributed by atoms with Gasteiger partial charge in [-0.3, -0.25) is 0 Å². The maximum Gasteiger partial charge on any atom is 0.148 e. The number of hydrogen-bond donors (Lipinski definition) is 0. The summed E-state index contributed by atoms with van der Waals surface area (Å²) < 4.78 is 0. The Morgan fingerprint density at radius 2 is 2.06 bits per heavy atom. The molecular formula is C12H13ClN2S. The smallest absolute Gasteiger partial charge is 0.143 e. The Morgan fingerprint density at radius 3 is 2.81 bits per heavy atom. The fraction of sp³-hybridized carbons (Fsp3) is 0.333. The minimum absolute atomic E-state index is 0.599. The SMILES string of the molecule is Cc1cccc(-c2nnc(CCCl)s2)c1C. The average molecular weight is 253 g/mol. The third kappa shape index (κ3) is 2.25. The Kier molecular flexibility index (Phi) is 3.56. The summed E-state index contributed by atoms with van der Waals surface area (Å²) in [5, 5.41) is 10.3. The van der Waals surface area contributed by atoms with E-state index in [9.17, 15) is 0 Å². The van der Waals surface area contributed by atoms with Crippen LogP contribution in [0.4, 0.5) is 0 Å². The predicted molar refractivity (Wildman–Crippen MR) is 69.2 cm³/mol. The molecule has 1 heterocycles. The normalized spacial score (nSPS) is 10.7. The molecule has 0 aliphatic carbocycles. The maximum atomic E-state index is 5.69. The van der Waals surface area contributed by atoms with Crippen LogP contribution in [0.5, 0.6) is 0 Å². The summed E-state index contributed by atoms with van der Waals surface area (Å²) in [5.74, 6) is 0.599. The molecule has 2 rings (SSSR count). The van der Waals surface area contributed by atoms with Crippen molar-refractivity contribution in [2.45, 2.75) is 20.3 Å². The highest BCUT2D eigenvalue weighted by atomic mass is 35.5. The van der Waals surface area contributed by atoms with E-state index in [2.05, 4.69) is 42.2 Å². The minimum atomic E-state index is 0.599. The number of benzene rings is 1. The number of alkyl halides is 1. The van der Waals surface area contributed by atoms with E-state index >= 15 is 0 Å². The van der Waals surface area contributed by atoms with Gasteiger partial charge >= 0.3 is 0 Å². The van der Waals surface area contributed by atoms with Crippen molar-refractivity contribution in [2.24, 2.45) is 0 Å². The van der Waals surface area contributed by atoms with Crippen molar-refractivity contribution in [1.29, 1.82) is 0 Å². The second kappa shape index (κ2) is 4.93. The first-order valence-corrected chi connectivity index (χ1v) is 6.52. The lowest BCUT2D eigenvalue weighted by Crippen LogP contribution is -1.86. The molecule has 0 fully saturated rings. The summed E-state index contributed by atoms with van der Waals surface area (Å²) in [7, 11) is 0. The van der Waals surface area contributed by atoms with Gasteiger partial charge in [-0.05, 0) is 25.0 Å². The summed E-state index contributed by atoms with van der Waals surface area (Å²) in [5.41, 5.74) is 3.74. The van der Waals surface area contributed by atoms with Gasteiger partial charge in [-0.15, -0.1) is 21.8 Å². The molecule has 16 heavy (non-hydrogen) atoms. The van der Waals surface area contributed by atoms with Gasteiger partial charge in [-0.2, -0.15) is 0 Å². The van der Waals surface area contributed by atoms with Gasteiger partial charge in [0.25, 0.3) is 0 Å². The van der Waals surface area contributed by atoms with Crippen LogP contribution < -0.4 is 0 Å². The van der Waals surface area contributed by atoms with Crippen LogP contribution in [0.3, 0.4) is 0 Å². The fourth-order valence-electron chi connectivity index (χ4n) is 1.53. The lowest BCUT2D eigenvalue weighted by Gasteiger charge is -2.04. The molecule has 84 valence electrons. The van der Waals surface area contributed by atoms with E-state index in [0.717, 1.165) is 16.4 Å². The van der Waals surface area contributed by atoms with Gasteiger partial charge in [0.2, 0.25) is 0 Å². The molecule has 0 aliphatic rings. The van der Waals surface area contributed by atoms with Gasteiger partial charge < -0.3 is 0 Å². The van der Waals surface area contributed by atoms with Crippen molar-refractivity contribution in [3.05, 3.63) is 34.3 Å². The Hall–Kier alpha value is -0.930. The van der Waals surface area contributed by atoms with Gasteiger partial charge in [0.15, 0.2) is 0 Å². The van der Waals surface area contributed by atoms with E-state index in [4.69, 9.17) is 11.6 Å². The van der Waals surface area contributed by atoms with Gasteiger partial charge in [0.1, 0.15) is 10.0 Å². The zero-order valence-corrected chi connectivity index (χ0v) is 10.9. The van der Waals surface area contributed by atoms with Gasteiger partial charge in [0.05, 0.1) is 0 Å². The van der Waals surface area contributed by atoms with Crippen LogP contribution in [0, 0.1) is 13.8 Å². The Morgan fingerprint density at radius 1 is 1.25 bits per heavy atom. The van der Waals surface area contributed by atoms with E-state index in [0.29, 0.717) is 5.88 Å². The number of nitrogens with zero attached hydrogens (tertiary/aromatic N) is 2. The molecule has 0 atom stereocenters. The highest BCUT2D eigenvalue weighted by Crippen LogP contribution is 2.28. The number of aromatic nitrogens is 2. The fourth-order valence-corrected chi connectivity index (χ4v) is 2.74. The van der Waals surface area contributed by atoms with Crippen LogP contribution in [0.1, 0.15) is 16.1 Å². The Labute approximate surface area is 104 Å². The molecule has 0 saturated heterocycles. The second-order valence-corrected chi connectivity index (χ2v) is 5.13. The van der Waals surface area contributed by atoms with E-state index in [1.165, 1.54) is 16.7 Å². The molecule has 0 bridgehead atoms. The molecule has 1 aromatic carbocycles. The summed E-state index contributed by atoms with van der Waals surface area (Å²) in [6, 6.07) is 6.26. The van der Waals surface area contributed by atoms with Crippen molar-refractivity contribution < 1.29 is 0 Å². The van der Waals surface area contributed by atoms with Crippen molar-refractivity contribution in [3.63, 3.8) is 0 Å². The zero-order valence-electron chi connectivity index (χ0n) is 9.33. The van der Waals surface area contributed by atoms with E-state index in [1.807, 2.05) is 0 Å². The van der Waals surface area contributed by atoms with E-state index < -0.39 is 0 Å². The zero-order chi connectivity index (χ0) is 11.5. The molecule has 0 N–H and O–H groups in total. The highest BCUT2D eigenvalue weighted by Gasteiger charge is 2.09. The van der Waals surface area contributed by atoms with Crippen LogP contribution in [0.25, 0.3) is 10.6 Å². The lowest BCUT2D eigenvalue weighted by atomic mass is 10.0. The molecule has 0 aliphatic heterocycles. The summed E-state index contributed by atoms with van der Waals surface area (Å²) >= 11 is 7.31. The molecule has 0 amide bonds. The quantitative estimate of drug-likeness (QED) is 0.780. The summed E-state index contributed by atoms with van der Waals surface area (Å²) in [4.78, 5) is 0. The number of rotatable bonds is 3. The largest absolute Gasteiger partial charge is 0.148 e. The Balaban J connectivity index is 2.39. The lowest BCUT2D eigenvalue weighted by molar-refractivity contribution is 0.989. The average Bonchev–Trinajstić information content (AvgIpc) is 2.71. The third-order valence-corrected chi connectivity index (χ3v) is 3.82. The second-order valence-electron chi connectivity index (χ2n) is 3.69. The summed E-state index contributed by atoms with van der Waals surface area (Å²) in [6.07, 6.45) is 0.796.